The van der Waals surface area contributed by atoms with E-state index in [2.05, 4.69) is 22.3 Å². The Balaban J connectivity index is 1.37. The summed E-state index contributed by atoms with van der Waals surface area (Å²) in [5.74, 6) is 0.275. The molecule has 1 saturated heterocycles. The highest BCUT2D eigenvalue weighted by Crippen LogP contribution is 2.36. The minimum atomic E-state index is -0.620. The first-order valence-electron chi connectivity index (χ1n) is 14.2. The molecule has 3 aromatic rings. The van der Waals surface area contributed by atoms with Crippen molar-refractivity contribution in [3.63, 3.8) is 0 Å². The van der Waals surface area contributed by atoms with Crippen LogP contribution in [0.2, 0.25) is 10.0 Å². The summed E-state index contributed by atoms with van der Waals surface area (Å²) in [7, 11) is 0. The van der Waals surface area contributed by atoms with Gasteiger partial charge in [-0.3, -0.25) is 4.99 Å². The Morgan fingerprint density at radius 2 is 1.83 bits per heavy atom. The maximum absolute atomic E-state index is 13.7. The molecule has 5 rings (SSSR count). The quantitative estimate of drug-likeness (QED) is 0.175. The Labute approximate surface area is 256 Å². The molecule has 9 heteroatoms. The predicted octanol–water partition coefficient (Wildman–Crippen LogP) is 7.08. The molecular formula is C32H35Cl2N3O3S. The zero-order valence-electron chi connectivity index (χ0n) is 23.0. The maximum Gasteiger partial charge on any atom is 0.338 e. The van der Waals surface area contributed by atoms with Crippen molar-refractivity contribution in [2.45, 2.75) is 38.1 Å². The topological polar surface area (TPSA) is 63.2 Å². The standard InChI is InChI=1S/C32H35Cl2N3O3S/c33-25-14-13-24(21-26(25)34)30-29(32(38)40-18-7-11-23-9-3-1-4-10-23)27(35-31(36-30)28-12-8-20-41-28)22-39-19-17-37-15-5-2-6-16-37/h1,3-4,8-10,12-14,20-21,30H,2,5-7,11,15-19,22H2,(H,35,36). The molecule has 1 aromatic heterocycles. The fraction of sp³-hybridized carbons (Fsp3) is 0.375. The van der Waals surface area contributed by atoms with Crippen LogP contribution in [0.1, 0.15) is 47.7 Å². The first kappa shape index (κ1) is 29.8. The number of thiophene rings is 1. The number of nitrogens with one attached hydrogen (secondary N) is 1. The number of amidine groups is 1. The molecule has 0 spiro atoms. The maximum atomic E-state index is 13.7. The molecule has 6 nitrogen and oxygen atoms in total. The fourth-order valence-corrected chi connectivity index (χ4v) is 6.11. The summed E-state index contributed by atoms with van der Waals surface area (Å²) < 4.78 is 12.0. The van der Waals surface area contributed by atoms with Crippen molar-refractivity contribution >= 4 is 46.3 Å². The molecule has 0 aliphatic carbocycles. The molecule has 41 heavy (non-hydrogen) atoms. The van der Waals surface area contributed by atoms with Crippen LogP contribution in [0.5, 0.6) is 0 Å². The van der Waals surface area contributed by atoms with Crippen LogP contribution in [-0.4, -0.2) is 56.2 Å². The number of halogens is 2. The van der Waals surface area contributed by atoms with Crippen LogP contribution >= 0.6 is 34.5 Å². The van der Waals surface area contributed by atoms with Crippen molar-refractivity contribution in [1.29, 1.82) is 0 Å². The molecule has 0 radical (unpaired) electrons. The number of benzene rings is 2. The van der Waals surface area contributed by atoms with Crippen LogP contribution in [0.15, 0.2) is 82.3 Å². The van der Waals surface area contributed by atoms with E-state index in [0.717, 1.165) is 42.9 Å². The summed E-state index contributed by atoms with van der Waals surface area (Å²) in [6.45, 7) is 4.21. The van der Waals surface area contributed by atoms with E-state index in [-0.39, 0.29) is 6.61 Å². The lowest BCUT2D eigenvalue weighted by Crippen LogP contribution is -2.36. The molecule has 216 valence electrons. The average molecular weight is 613 g/mol. The molecular weight excluding hydrogens is 577 g/mol. The van der Waals surface area contributed by atoms with Gasteiger partial charge in [0.05, 0.1) is 46.0 Å². The second-order valence-electron chi connectivity index (χ2n) is 10.2. The Bertz CT molecular complexity index is 1360. The third-order valence-corrected chi connectivity index (χ3v) is 8.91. The number of piperidine rings is 1. The molecule has 0 amide bonds. The number of ether oxygens (including phenoxy) is 2. The molecule has 1 atom stereocenters. The van der Waals surface area contributed by atoms with Gasteiger partial charge in [-0.25, -0.2) is 4.79 Å². The summed E-state index contributed by atoms with van der Waals surface area (Å²) >= 11 is 14.2. The van der Waals surface area contributed by atoms with E-state index in [1.807, 2.05) is 41.8 Å². The molecule has 0 saturated carbocycles. The number of likely N-dealkylation sites (tertiary alicyclic amines) is 1. The predicted molar refractivity (Wildman–Crippen MR) is 167 cm³/mol. The van der Waals surface area contributed by atoms with E-state index in [1.165, 1.54) is 24.8 Å². The highest BCUT2D eigenvalue weighted by molar-refractivity contribution is 7.12. The van der Waals surface area contributed by atoms with Crippen LogP contribution in [0.4, 0.5) is 0 Å². The number of rotatable bonds is 12. The minimum Gasteiger partial charge on any atom is -0.462 e. The van der Waals surface area contributed by atoms with E-state index in [1.54, 1.807) is 23.5 Å². The molecule has 1 unspecified atom stereocenters. The highest BCUT2D eigenvalue weighted by atomic mass is 35.5. The lowest BCUT2D eigenvalue weighted by atomic mass is 9.95. The normalized spacial score (nSPS) is 17.7. The van der Waals surface area contributed by atoms with Crippen LogP contribution in [0.3, 0.4) is 0 Å². The Morgan fingerprint density at radius 3 is 2.59 bits per heavy atom. The Kier molecular flexibility index (Phi) is 10.9. The zero-order chi connectivity index (χ0) is 28.4. The van der Waals surface area contributed by atoms with Crippen LogP contribution in [0.25, 0.3) is 0 Å². The average Bonchev–Trinajstić information content (AvgIpc) is 3.55. The Morgan fingerprint density at radius 1 is 1.00 bits per heavy atom. The summed E-state index contributed by atoms with van der Waals surface area (Å²) in [5, 5.41) is 6.27. The van der Waals surface area contributed by atoms with E-state index < -0.39 is 12.0 Å². The third-order valence-electron chi connectivity index (χ3n) is 7.29. The minimum absolute atomic E-state index is 0.241. The second-order valence-corrected chi connectivity index (χ2v) is 12.0. The Hall–Kier alpha value is -2.68. The summed E-state index contributed by atoms with van der Waals surface area (Å²) in [5.41, 5.74) is 3.06. The number of esters is 1. The molecule has 1 N–H and O–H groups in total. The van der Waals surface area contributed by atoms with E-state index in [0.29, 0.717) is 40.4 Å². The van der Waals surface area contributed by atoms with Gasteiger partial charge in [-0.2, -0.15) is 0 Å². The number of hydrogen-bond donors (Lipinski definition) is 1. The molecule has 1 fully saturated rings. The monoisotopic (exact) mass is 611 g/mol. The van der Waals surface area contributed by atoms with Crippen LogP contribution in [0, 0.1) is 0 Å². The second kappa shape index (κ2) is 15.0. The smallest absolute Gasteiger partial charge is 0.338 e. The van der Waals surface area contributed by atoms with Crippen LogP contribution < -0.4 is 5.32 Å². The molecule has 2 aliphatic rings. The summed E-state index contributed by atoms with van der Waals surface area (Å²) in [6, 6.07) is 18.9. The van der Waals surface area contributed by atoms with Gasteiger partial charge in [0.2, 0.25) is 0 Å². The zero-order valence-corrected chi connectivity index (χ0v) is 25.3. The summed E-state index contributed by atoms with van der Waals surface area (Å²) in [4.78, 5) is 22.1. The van der Waals surface area contributed by atoms with Crippen molar-refractivity contribution < 1.29 is 14.3 Å². The van der Waals surface area contributed by atoms with Crippen LogP contribution in [-0.2, 0) is 20.7 Å². The van der Waals surface area contributed by atoms with Crippen molar-refractivity contribution in [1.82, 2.24) is 10.2 Å². The number of carbonyl (C=O) groups excluding carboxylic acids is 1. The van der Waals surface area contributed by atoms with Gasteiger partial charge < -0.3 is 19.7 Å². The highest BCUT2D eigenvalue weighted by Gasteiger charge is 2.33. The lowest BCUT2D eigenvalue weighted by Gasteiger charge is -2.28. The van der Waals surface area contributed by atoms with Gasteiger partial charge >= 0.3 is 5.97 Å². The first-order valence-corrected chi connectivity index (χ1v) is 15.8. The SMILES string of the molecule is O=C(OCCCc1ccccc1)C1=C(COCCN2CCCCC2)NC(c2cccs2)=NC1c1ccc(Cl)c(Cl)c1. The van der Waals surface area contributed by atoms with Gasteiger partial charge in [0.1, 0.15) is 11.9 Å². The van der Waals surface area contributed by atoms with E-state index in [9.17, 15) is 4.79 Å². The van der Waals surface area contributed by atoms with Gasteiger partial charge in [-0.1, -0.05) is 72.1 Å². The van der Waals surface area contributed by atoms with Crippen molar-refractivity contribution in [2.24, 2.45) is 4.99 Å². The largest absolute Gasteiger partial charge is 0.462 e. The third kappa shape index (κ3) is 8.21. The van der Waals surface area contributed by atoms with E-state index in [4.69, 9.17) is 37.7 Å². The number of hydrogen-bond acceptors (Lipinski definition) is 7. The fourth-order valence-electron chi connectivity index (χ4n) is 5.13. The van der Waals surface area contributed by atoms with Gasteiger partial charge in [-0.15, -0.1) is 11.3 Å². The van der Waals surface area contributed by atoms with E-state index >= 15 is 0 Å². The molecule has 0 bridgehead atoms. The number of aliphatic imine (C=N–C) groups is 1. The van der Waals surface area contributed by atoms with Gasteiger partial charge in [0.25, 0.3) is 0 Å². The number of aryl methyl sites for hydroxylation is 1. The van der Waals surface area contributed by atoms with Gasteiger partial charge in [0, 0.05) is 6.54 Å². The van der Waals surface area contributed by atoms with Crippen molar-refractivity contribution in [2.75, 3.05) is 39.5 Å². The summed E-state index contributed by atoms with van der Waals surface area (Å²) in [6.07, 6.45) is 5.32. The lowest BCUT2D eigenvalue weighted by molar-refractivity contribution is -0.139. The molecule has 3 heterocycles. The molecule has 2 aliphatic heterocycles. The van der Waals surface area contributed by atoms with Crippen molar-refractivity contribution in [3.8, 4) is 0 Å². The van der Waals surface area contributed by atoms with Crippen molar-refractivity contribution in [3.05, 3.63) is 103 Å². The van der Waals surface area contributed by atoms with Gasteiger partial charge in [0.15, 0.2) is 0 Å². The van der Waals surface area contributed by atoms with Gasteiger partial charge in [-0.05, 0) is 73.5 Å². The molecule has 2 aromatic carbocycles. The number of nitrogens with zero attached hydrogens (tertiary/aromatic N) is 2. The first-order chi connectivity index (χ1) is 20.1. The number of carbonyl (C=O) groups is 1.